The summed E-state index contributed by atoms with van der Waals surface area (Å²) < 4.78 is 0. The number of anilines is 1. The van der Waals surface area contributed by atoms with E-state index in [0.29, 0.717) is 11.6 Å². The number of carbonyl (C=O) groups is 1. The molecule has 3 rings (SSSR count). The SMILES string of the molecule is Cc1[nH]nc2c1C(c1cccc(O)c1)SCC(=O)N2. The molecule has 0 aliphatic carbocycles. The van der Waals surface area contributed by atoms with Gasteiger partial charge in [-0.2, -0.15) is 5.10 Å². The Morgan fingerprint density at radius 2 is 2.32 bits per heavy atom. The predicted molar refractivity (Wildman–Crippen MR) is 74.4 cm³/mol. The van der Waals surface area contributed by atoms with E-state index in [4.69, 9.17) is 0 Å². The monoisotopic (exact) mass is 275 g/mol. The molecule has 1 aliphatic heterocycles. The molecule has 0 saturated heterocycles. The molecule has 1 amide bonds. The van der Waals surface area contributed by atoms with Gasteiger partial charge in [-0.05, 0) is 24.6 Å². The standard InChI is InChI=1S/C13H13N3O2S/c1-7-11-12(8-3-2-4-9(17)5-8)19-6-10(18)14-13(11)16-15-7/h2-5,12,17H,6H2,1H3,(H2,14,15,16,18). The van der Waals surface area contributed by atoms with Crippen LogP contribution in [-0.2, 0) is 4.79 Å². The Morgan fingerprint density at radius 3 is 3.11 bits per heavy atom. The summed E-state index contributed by atoms with van der Waals surface area (Å²) in [6, 6.07) is 7.12. The highest BCUT2D eigenvalue weighted by molar-refractivity contribution is 8.00. The lowest BCUT2D eigenvalue weighted by Crippen LogP contribution is -2.12. The molecule has 98 valence electrons. The van der Waals surface area contributed by atoms with Crippen molar-refractivity contribution < 1.29 is 9.90 Å². The average Bonchev–Trinajstić information content (AvgIpc) is 2.64. The molecule has 0 spiro atoms. The second-order valence-electron chi connectivity index (χ2n) is 4.45. The van der Waals surface area contributed by atoms with E-state index in [-0.39, 0.29) is 16.9 Å². The summed E-state index contributed by atoms with van der Waals surface area (Å²) in [5.74, 6) is 1.13. The van der Waals surface area contributed by atoms with Crippen LogP contribution in [0.4, 0.5) is 5.82 Å². The Bertz CT molecular complexity index is 639. The maximum absolute atomic E-state index is 11.7. The van der Waals surface area contributed by atoms with Crippen molar-refractivity contribution in [3.63, 3.8) is 0 Å². The highest BCUT2D eigenvalue weighted by Gasteiger charge is 2.28. The van der Waals surface area contributed by atoms with E-state index in [2.05, 4.69) is 15.5 Å². The molecule has 0 saturated carbocycles. The van der Waals surface area contributed by atoms with Crippen molar-refractivity contribution in [2.45, 2.75) is 12.2 Å². The number of phenols is 1. The fourth-order valence-electron chi connectivity index (χ4n) is 2.22. The minimum absolute atomic E-state index is 0.0141. The van der Waals surface area contributed by atoms with Crippen LogP contribution in [0.2, 0.25) is 0 Å². The zero-order valence-electron chi connectivity index (χ0n) is 10.3. The lowest BCUT2D eigenvalue weighted by Gasteiger charge is -2.15. The number of fused-ring (bicyclic) bond motifs is 1. The summed E-state index contributed by atoms with van der Waals surface area (Å²) in [4.78, 5) is 11.7. The zero-order valence-corrected chi connectivity index (χ0v) is 11.1. The number of aromatic amines is 1. The lowest BCUT2D eigenvalue weighted by atomic mass is 10.0. The second-order valence-corrected chi connectivity index (χ2v) is 5.54. The van der Waals surface area contributed by atoms with Crippen LogP contribution in [0.5, 0.6) is 5.75 Å². The van der Waals surface area contributed by atoms with Gasteiger partial charge < -0.3 is 10.4 Å². The van der Waals surface area contributed by atoms with Gasteiger partial charge in [0.1, 0.15) is 5.75 Å². The van der Waals surface area contributed by atoms with Crippen molar-refractivity contribution in [3.05, 3.63) is 41.1 Å². The number of aromatic nitrogens is 2. The van der Waals surface area contributed by atoms with Crippen molar-refractivity contribution in [3.8, 4) is 5.75 Å². The molecule has 1 unspecified atom stereocenters. The van der Waals surface area contributed by atoms with E-state index in [0.717, 1.165) is 16.8 Å². The van der Waals surface area contributed by atoms with Gasteiger partial charge in [-0.15, -0.1) is 11.8 Å². The summed E-state index contributed by atoms with van der Waals surface area (Å²) in [5.41, 5.74) is 2.87. The quantitative estimate of drug-likeness (QED) is 0.745. The predicted octanol–water partition coefficient (Wildman–Crippen LogP) is 2.20. The number of rotatable bonds is 1. The van der Waals surface area contributed by atoms with E-state index in [1.165, 1.54) is 11.8 Å². The smallest absolute Gasteiger partial charge is 0.235 e. The van der Waals surface area contributed by atoms with Crippen molar-refractivity contribution in [2.24, 2.45) is 0 Å². The normalized spacial score (nSPS) is 18.6. The summed E-state index contributed by atoms with van der Waals surface area (Å²) in [6.07, 6.45) is 0. The number of aromatic hydroxyl groups is 1. The van der Waals surface area contributed by atoms with E-state index in [1.54, 1.807) is 18.2 Å². The Hall–Kier alpha value is -1.95. The molecule has 6 heteroatoms. The number of phenolic OH excluding ortho intramolecular Hbond substituents is 1. The number of benzene rings is 1. The fourth-order valence-corrected chi connectivity index (χ4v) is 3.40. The van der Waals surface area contributed by atoms with E-state index >= 15 is 0 Å². The Labute approximate surface area is 114 Å². The first-order valence-corrected chi connectivity index (χ1v) is 6.95. The zero-order chi connectivity index (χ0) is 13.4. The molecule has 3 N–H and O–H groups in total. The second kappa shape index (κ2) is 4.62. The maximum atomic E-state index is 11.7. The molecule has 0 radical (unpaired) electrons. The van der Waals surface area contributed by atoms with Crippen LogP contribution in [0, 0.1) is 6.92 Å². The van der Waals surface area contributed by atoms with Gasteiger partial charge in [0.05, 0.1) is 11.0 Å². The van der Waals surface area contributed by atoms with Crippen LogP contribution in [-0.4, -0.2) is 27.0 Å². The minimum Gasteiger partial charge on any atom is -0.508 e. The van der Waals surface area contributed by atoms with E-state index < -0.39 is 0 Å². The first-order chi connectivity index (χ1) is 9.15. The van der Waals surface area contributed by atoms with Gasteiger partial charge in [-0.3, -0.25) is 9.89 Å². The molecule has 0 bridgehead atoms. The van der Waals surface area contributed by atoms with E-state index in [9.17, 15) is 9.90 Å². The third kappa shape index (κ3) is 2.19. The molecule has 0 fully saturated rings. The number of amides is 1. The summed E-state index contributed by atoms with van der Waals surface area (Å²) in [5, 5.41) is 19.4. The highest BCUT2D eigenvalue weighted by atomic mass is 32.2. The number of H-pyrrole nitrogens is 1. The van der Waals surface area contributed by atoms with Crippen LogP contribution < -0.4 is 5.32 Å². The largest absolute Gasteiger partial charge is 0.508 e. The molecule has 5 nitrogen and oxygen atoms in total. The van der Waals surface area contributed by atoms with Crippen molar-refractivity contribution in [1.82, 2.24) is 10.2 Å². The van der Waals surface area contributed by atoms with Gasteiger partial charge in [-0.1, -0.05) is 12.1 Å². The third-order valence-electron chi connectivity index (χ3n) is 3.07. The molecular formula is C13H13N3O2S. The molecule has 1 aromatic heterocycles. The maximum Gasteiger partial charge on any atom is 0.235 e. The number of hydrogen-bond donors (Lipinski definition) is 3. The van der Waals surface area contributed by atoms with Crippen molar-refractivity contribution in [1.29, 1.82) is 0 Å². The van der Waals surface area contributed by atoms with Crippen LogP contribution in [0.25, 0.3) is 0 Å². The third-order valence-corrected chi connectivity index (χ3v) is 4.34. The molecular weight excluding hydrogens is 262 g/mol. The van der Waals surface area contributed by atoms with Gasteiger partial charge in [0.2, 0.25) is 5.91 Å². The van der Waals surface area contributed by atoms with Gasteiger partial charge in [-0.25, -0.2) is 0 Å². The van der Waals surface area contributed by atoms with Gasteiger partial charge in [0.15, 0.2) is 5.82 Å². The van der Waals surface area contributed by atoms with Crippen molar-refractivity contribution in [2.75, 3.05) is 11.1 Å². The molecule has 1 aromatic carbocycles. The summed E-state index contributed by atoms with van der Waals surface area (Å²) in [7, 11) is 0. The van der Waals surface area contributed by atoms with Crippen LogP contribution in [0.1, 0.15) is 22.1 Å². The number of aryl methyl sites for hydroxylation is 1. The fraction of sp³-hybridized carbons (Fsp3) is 0.231. The van der Waals surface area contributed by atoms with Crippen LogP contribution in [0.15, 0.2) is 24.3 Å². The van der Waals surface area contributed by atoms with Gasteiger partial charge >= 0.3 is 0 Å². The summed E-state index contributed by atoms with van der Waals surface area (Å²) in [6.45, 7) is 1.93. The van der Waals surface area contributed by atoms with Crippen LogP contribution in [0.3, 0.4) is 0 Å². The molecule has 19 heavy (non-hydrogen) atoms. The van der Waals surface area contributed by atoms with Gasteiger partial charge in [0.25, 0.3) is 0 Å². The number of nitrogens with zero attached hydrogens (tertiary/aromatic N) is 1. The number of thioether (sulfide) groups is 1. The lowest BCUT2D eigenvalue weighted by molar-refractivity contribution is -0.113. The topological polar surface area (TPSA) is 78.0 Å². The first-order valence-electron chi connectivity index (χ1n) is 5.90. The highest BCUT2D eigenvalue weighted by Crippen LogP contribution is 2.42. The molecule has 2 heterocycles. The number of carbonyl (C=O) groups excluding carboxylic acids is 1. The molecule has 2 aromatic rings. The summed E-state index contributed by atoms with van der Waals surface area (Å²) >= 11 is 1.53. The van der Waals surface area contributed by atoms with Crippen LogP contribution >= 0.6 is 11.8 Å². The van der Waals surface area contributed by atoms with Crippen molar-refractivity contribution >= 4 is 23.5 Å². The number of nitrogens with one attached hydrogen (secondary N) is 2. The molecule has 1 atom stereocenters. The average molecular weight is 275 g/mol. The van der Waals surface area contributed by atoms with Gasteiger partial charge in [0, 0.05) is 11.3 Å². The molecule has 1 aliphatic rings. The first kappa shape index (κ1) is 12.1. The van der Waals surface area contributed by atoms with E-state index in [1.807, 2.05) is 13.0 Å². The Morgan fingerprint density at radius 1 is 1.47 bits per heavy atom. The Kier molecular flexibility index (Phi) is 2.94. The Balaban J connectivity index is 2.11. The minimum atomic E-state index is -0.0552. The number of hydrogen-bond acceptors (Lipinski definition) is 4.